The lowest BCUT2D eigenvalue weighted by molar-refractivity contribution is -0.129. The van der Waals surface area contributed by atoms with Crippen LogP contribution in [0.1, 0.15) is 43.4 Å². The first kappa shape index (κ1) is 17.9. The predicted molar refractivity (Wildman–Crippen MR) is 98.1 cm³/mol. The Morgan fingerprint density at radius 1 is 1.24 bits per heavy atom. The minimum Gasteiger partial charge on any atom is -0.353 e. The summed E-state index contributed by atoms with van der Waals surface area (Å²) < 4.78 is 0. The van der Waals surface area contributed by atoms with E-state index in [1.54, 1.807) is 0 Å². The van der Waals surface area contributed by atoms with Crippen molar-refractivity contribution in [3.05, 3.63) is 35.4 Å². The number of hydrogen-bond acceptors (Lipinski definition) is 3. The van der Waals surface area contributed by atoms with E-state index in [0.717, 1.165) is 37.1 Å². The number of nitrogens with zero attached hydrogens (tertiary/aromatic N) is 2. The van der Waals surface area contributed by atoms with Gasteiger partial charge >= 0.3 is 0 Å². The van der Waals surface area contributed by atoms with Gasteiger partial charge in [-0.05, 0) is 58.0 Å². The van der Waals surface area contributed by atoms with Crippen LogP contribution in [-0.2, 0) is 9.59 Å². The van der Waals surface area contributed by atoms with E-state index < -0.39 is 0 Å². The fourth-order valence-corrected chi connectivity index (χ4v) is 4.16. The average molecular weight is 343 g/mol. The molecule has 5 nitrogen and oxygen atoms in total. The van der Waals surface area contributed by atoms with Crippen LogP contribution in [0.25, 0.3) is 0 Å². The molecule has 0 radical (unpaired) electrons. The van der Waals surface area contributed by atoms with Gasteiger partial charge in [-0.2, -0.15) is 0 Å². The van der Waals surface area contributed by atoms with E-state index in [1.807, 2.05) is 24.0 Å². The van der Waals surface area contributed by atoms with Gasteiger partial charge in [0.1, 0.15) is 0 Å². The van der Waals surface area contributed by atoms with Gasteiger partial charge in [0.2, 0.25) is 11.8 Å². The second-order valence-corrected chi connectivity index (χ2v) is 7.38. The first-order chi connectivity index (χ1) is 12.0. The van der Waals surface area contributed by atoms with Crippen molar-refractivity contribution in [1.29, 1.82) is 0 Å². The van der Waals surface area contributed by atoms with Gasteiger partial charge in [0.15, 0.2) is 0 Å². The van der Waals surface area contributed by atoms with Crippen LogP contribution in [-0.4, -0.2) is 54.3 Å². The van der Waals surface area contributed by atoms with Crippen LogP contribution in [0.3, 0.4) is 0 Å². The minimum atomic E-state index is -0.298. The van der Waals surface area contributed by atoms with Gasteiger partial charge in [-0.25, -0.2) is 0 Å². The molecule has 25 heavy (non-hydrogen) atoms. The van der Waals surface area contributed by atoms with Crippen LogP contribution in [0.2, 0.25) is 0 Å². The third-order valence-electron chi connectivity index (χ3n) is 5.68. The number of rotatable bonds is 4. The van der Waals surface area contributed by atoms with Gasteiger partial charge in [0.25, 0.3) is 0 Å². The van der Waals surface area contributed by atoms with E-state index in [9.17, 15) is 9.59 Å². The highest BCUT2D eigenvalue weighted by atomic mass is 16.2. The third-order valence-corrected chi connectivity index (χ3v) is 5.68. The van der Waals surface area contributed by atoms with Gasteiger partial charge in [-0.15, -0.1) is 0 Å². The van der Waals surface area contributed by atoms with Crippen LogP contribution in [0.5, 0.6) is 0 Å². The van der Waals surface area contributed by atoms with Crippen molar-refractivity contribution in [3.8, 4) is 0 Å². The Labute approximate surface area is 150 Å². The summed E-state index contributed by atoms with van der Waals surface area (Å²) >= 11 is 0. The molecule has 0 aliphatic carbocycles. The lowest BCUT2D eigenvalue weighted by Crippen LogP contribution is -2.46. The Morgan fingerprint density at radius 2 is 1.92 bits per heavy atom. The van der Waals surface area contributed by atoms with Crippen LogP contribution in [0.15, 0.2) is 24.3 Å². The van der Waals surface area contributed by atoms with E-state index >= 15 is 0 Å². The molecule has 1 aromatic carbocycles. The van der Waals surface area contributed by atoms with Crippen molar-refractivity contribution >= 4 is 11.8 Å². The molecule has 2 saturated heterocycles. The Bertz CT molecular complexity index is 638. The second-order valence-electron chi connectivity index (χ2n) is 7.38. The molecule has 2 fully saturated rings. The van der Waals surface area contributed by atoms with Gasteiger partial charge in [0, 0.05) is 19.0 Å². The normalized spacial score (nSPS) is 25.4. The summed E-state index contributed by atoms with van der Waals surface area (Å²) in [6, 6.07) is 8.18. The SMILES string of the molecule is CCN1C(=O)C[C@@H](C(=O)NC2CCN(C)CC2)[C@@H]1c1ccccc1C. The molecule has 0 unspecified atom stereocenters. The standard InChI is InChI=1S/C20H29N3O2/c1-4-23-18(24)13-17(19(23)16-8-6-5-7-14(16)2)20(25)21-15-9-11-22(3)12-10-15/h5-8,15,17,19H,4,9-13H2,1-3H3,(H,21,25)/t17-,19+/m1/s1. The number of carbonyl (C=O) groups excluding carboxylic acids is 2. The summed E-state index contributed by atoms with van der Waals surface area (Å²) in [4.78, 5) is 29.6. The molecular formula is C20H29N3O2. The molecule has 0 saturated carbocycles. The Balaban J connectivity index is 1.79. The summed E-state index contributed by atoms with van der Waals surface area (Å²) in [5, 5.41) is 3.22. The molecule has 2 aliphatic heterocycles. The molecule has 0 bridgehead atoms. The van der Waals surface area contributed by atoms with Crippen molar-refractivity contribution in [2.24, 2.45) is 5.92 Å². The van der Waals surface area contributed by atoms with Crippen LogP contribution in [0.4, 0.5) is 0 Å². The number of hydrogen-bond donors (Lipinski definition) is 1. The van der Waals surface area contributed by atoms with E-state index in [2.05, 4.69) is 36.3 Å². The molecular weight excluding hydrogens is 314 g/mol. The lowest BCUT2D eigenvalue weighted by atomic mass is 9.89. The average Bonchev–Trinajstić information content (AvgIpc) is 2.93. The number of benzene rings is 1. The molecule has 2 heterocycles. The first-order valence-electron chi connectivity index (χ1n) is 9.35. The Morgan fingerprint density at radius 3 is 2.56 bits per heavy atom. The monoisotopic (exact) mass is 343 g/mol. The Hall–Kier alpha value is -1.88. The Kier molecular flexibility index (Phi) is 5.42. The molecule has 5 heteroatoms. The second kappa shape index (κ2) is 7.56. The smallest absolute Gasteiger partial charge is 0.226 e. The molecule has 2 aliphatic rings. The minimum absolute atomic E-state index is 0.0344. The summed E-state index contributed by atoms with van der Waals surface area (Å²) in [5.41, 5.74) is 2.23. The van der Waals surface area contributed by atoms with Crippen LogP contribution < -0.4 is 5.32 Å². The zero-order valence-corrected chi connectivity index (χ0v) is 15.5. The summed E-state index contributed by atoms with van der Waals surface area (Å²) in [6.45, 7) is 6.70. The maximum atomic E-state index is 13.0. The maximum absolute atomic E-state index is 13.0. The molecule has 2 atom stereocenters. The molecule has 3 rings (SSSR count). The highest BCUT2D eigenvalue weighted by Crippen LogP contribution is 2.39. The number of likely N-dealkylation sites (tertiary alicyclic amines) is 2. The number of carbonyl (C=O) groups is 2. The van der Waals surface area contributed by atoms with Gasteiger partial charge in [-0.1, -0.05) is 24.3 Å². The molecule has 1 N–H and O–H groups in total. The fraction of sp³-hybridized carbons (Fsp3) is 0.600. The molecule has 0 aromatic heterocycles. The van der Waals surface area contributed by atoms with Gasteiger partial charge in [0.05, 0.1) is 12.0 Å². The number of amides is 2. The highest BCUT2D eigenvalue weighted by molar-refractivity contribution is 5.90. The zero-order valence-electron chi connectivity index (χ0n) is 15.5. The van der Waals surface area contributed by atoms with Crippen LogP contribution >= 0.6 is 0 Å². The maximum Gasteiger partial charge on any atom is 0.226 e. The predicted octanol–water partition coefficient (Wildman–Crippen LogP) is 2.11. The fourth-order valence-electron chi connectivity index (χ4n) is 4.16. The molecule has 136 valence electrons. The van der Waals surface area contributed by atoms with E-state index in [1.165, 1.54) is 0 Å². The van der Waals surface area contributed by atoms with Gasteiger partial charge in [-0.3, -0.25) is 9.59 Å². The van der Waals surface area contributed by atoms with Crippen molar-refractivity contribution in [2.45, 2.75) is 45.2 Å². The number of aryl methyl sites for hydroxylation is 1. The third kappa shape index (κ3) is 3.71. The summed E-state index contributed by atoms with van der Waals surface area (Å²) in [6.07, 6.45) is 2.27. The molecule has 1 aromatic rings. The van der Waals surface area contributed by atoms with Crippen LogP contribution in [0, 0.1) is 12.8 Å². The zero-order chi connectivity index (χ0) is 18.0. The lowest BCUT2D eigenvalue weighted by Gasteiger charge is -2.32. The summed E-state index contributed by atoms with van der Waals surface area (Å²) in [5.74, 6) is -0.181. The number of piperidine rings is 1. The molecule has 0 spiro atoms. The largest absolute Gasteiger partial charge is 0.353 e. The highest BCUT2D eigenvalue weighted by Gasteiger charge is 2.44. The molecule has 2 amide bonds. The van der Waals surface area contributed by atoms with Crippen molar-refractivity contribution < 1.29 is 9.59 Å². The quantitative estimate of drug-likeness (QED) is 0.911. The van der Waals surface area contributed by atoms with Gasteiger partial charge < -0.3 is 15.1 Å². The summed E-state index contributed by atoms with van der Waals surface area (Å²) in [7, 11) is 2.11. The first-order valence-corrected chi connectivity index (χ1v) is 9.35. The van der Waals surface area contributed by atoms with E-state index in [-0.39, 0.29) is 29.8 Å². The topological polar surface area (TPSA) is 52.7 Å². The van der Waals surface area contributed by atoms with E-state index in [4.69, 9.17) is 0 Å². The van der Waals surface area contributed by atoms with Crippen molar-refractivity contribution in [2.75, 3.05) is 26.7 Å². The van der Waals surface area contributed by atoms with Crippen molar-refractivity contribution in [3.63, 3.8) is 0 Å². The van der Waals surface area contributed by atoms with E-state index in [0.29, 0.717) is 13.0 Å². The van der Waals surface area contributed by atoms with Crippen molar-refractivity contribution in [1.82, 2.24) is 15.1 Å². The number of nitrogens with one attached hydrogen (secondary N) is 1.